The van der Waals surface area contributed by atoms with Gasteiger partial charge in [0, 0.05) is 31.1 Å². The number of hydrogen-bond acceptors (Lipinski definition) is 6. The molecule has 0 radical (unpaired) electrons. The van der Waals surface area contributed by atoms with E-state index in [4.69, 9.17) is 4.74 Å². The van der Waals surface area contributed by atoms with Crippen LogP contribution in [0.1, 0.15) is 25.7 Å². The van der Waals surface area contributed by atoms with Crippen LogP contribution in [0.5, 0.6) is 11.5 Å². The van der Waals surface area contributed by atoms with E-state index in [2.05, 4.69) is 25.7 Å². The Morgan fingerprint density at radius 3 is 2.67 bits per heavy atom. The van der Waals surface area contributed by atoms with Crippen LogP contribution in [0.2, 0.25) is 0 Å². The average Bonchev–Trinajstić information content (AvgIpc) is 3.40. The standard InChI is InChI=1S/C21H22N6O3/c1-27-13-15(11-25-27)18-10-16(6-9-22-18)30-17-4-5-19(23-12-17)26-20(29)21(24-14-28)7-2-3-8-21/h4-6,9-14H,2-3,7-8H2,1H3,(H,24,28)(H,23,26,29). The number of pyridine rings is 2. The number of amides is 2. The lowest BCUT2D eigenvalue weighted by molar-refractivity contribution is -0.125. The van der Waals surface area contributed by atoms with E-state index in [-0.39, 0.29) is 5.91 Å². The number of aryl methyl sites for hydroxylation is 1. The van der Waals surface area contributed by atoms with Gasteiger partial charge in [-0.25, -0.2) is 4.98 Å². The summed E-state index contributed by atoms with van der Waals surface area (Å²) in [6, 6.07) is 6.97. The maximum Gasteiger partial charge on any atom is 0.251 e. The molecule has 0 bridgehead atoms. The first-order valence-corrected chi connectivity index (χ1v) is 9.70. The minimum absolute atomic E-state index is 0.247. The van der Waals surface area contributed by atoms with Crippen molar-refractivity contribution < 1.29 is 14.3 Å². The third kappa shape index (κ3) is 4.14. The molecule has 0 aliphatic heterocycles. The Kier molecular flexibility index (Phi) is 5.42. The topological polar surface area (TPSA) is 111 Å². The third-order valence-electron chi connectivity index (χ3n) is 5.17. The van der Waals surface area contributed by atoms with Gasteiger partial charge in [-0.05, 0) is 31.0 Å². The highest BCUT2D eigenvalue weighted by Crippen LogP contribution is 2.31. The normalized spacial score (nSPS) is 14.8. The molecule has 30 heavy (non-hydrogen) atoms. The third-order valence-corrected chi connectivity index (χ3v) is 5.17. The van der Waals surface area contributed by atoms with Crippen LogP contribution >= 0.6 is 0 Å². The first-order chi connectivity index (χ1) is 14.6. The van der Waals surface area contributed by atoms with Crippen molar-refractivity contribution in [1.82, 2.24) is 25.1 Å². The molecular weight excluding hydrogens is 384 g/mol. The predicted molar refractivity (Wildman–Crippen MR) is 110 cm³/mol. The van der Waals surface area contributed by atoms with Crippen LogP contribution in [0, 0.1) is 0 Å². The van der Waals surface area contributed by atoms with Crippen molar-refractivity contribution in [2.45, 2.75) is 31.2 Å². The second-order valence-corrected chi connectivity index (χ2v) is 7.27. The molecule has 9 heteroatoms. The highest BCUT2D eigenvalue weighted by atomic mass is 16.5. The van der Waals surface area contributed by atoms with Gasteiger partial charge < -0.3 is 15.4 Å². The zero-order chi connectivity index (χ0) is 21.0. The molecule has 0 aromatic carbocycles. The number of hydrogen-bond donors (Lipinski definition) is 2. The van der Waals surface area contributed by atoms with Crippen LogP contribution in [0.3, 0.4) is 0 Å². The molecule has 1 aliphatic carbocycles. The quantitative estimate of drug-likeness (QED) is 0.584. The van der Waals surface area contributed by atoms with E-state index < -0.39 is 5.54 Å². The lowest BCUT2D eigenvalue weighted by Gasteiger charge is -2.26. The Balaban J connectivity index is 1.43. The first kappa shape index (κ1) is 19.6. The summed E-state index contributed by atoms with van der Waals surface area (Å²) in [7, 11) is 1.85. The largest absolute Gasteiger partial charge is 0.456 e. The van der Waals surface area contributed by atoms with Gasteiger partial charge in [0.2, 0.25) is 6.41 Å². The smallest absolute Gasteiger partial charge is 0.251 e. The van der Waals surface area contributed by atoms with Gasteiger partial charge in [-0.2, -0.15) is 5.10 Å². The molecule has 4 rings (SSSR count). The molecule has 1 fully saturated rings. The summed E-state index contributed by atoms with van der Waals surface area (Å²) >= 11 is 0. The number of ether oxygens (including phenoxy) is 1. The SMILES string of the molecule is Cn1cc(-c2cc(Oc3ccc(NC(=O)C4(NC=O)CCCC4)nc3)ccn2)cn1. The molecule has 154 valence electrons. The van der Waals surface area contributed by atoms with Gasteiger partial charge in [0.05, 0.1) is 18.1 Å². The Labute approximate surface area is 173 Å². The number of anilines is 1. The van der Waals surface area contributed by atoms with Gasteiger partial charge in [-0.15, -0.1) is 0 Å². The molecule has 9 nitrogen and oxygen atoms in total. The van der Waals surface area contributed by atoms with Gasteiger partial charge in [-0.1, -0.05) is 12.8 Å². The molecular formula is C21H22N6O3. The van der Waals surface area contributed by atoms with E-state index in [1.54, 1.807) is 35.3 Å². The molecule has 3 aromatic rings. The summed E-state index contributed by atoms with van der Waals surface area (Å²) in [4.78, 5) is 32.2. The second-order valence-electron chi connectivity index (χ2n) is 7.27. The Morgan fingerprint density at radius 1 is 1.17 bits per heavy atom. The van der Waals surface area contributed by atoms with Crippen LogP contribution in [-0.2, 0) is 16.6 Å². The van der Waals surface area contributed by atoms with Crippen LogP contribution in [0.15, 0.2) is 49.1 Å². The summed E-state index contributed by atoms with van der Waals surface area (Å²) < 4.78 is 7.57. The van der Waals surface area contributed by atoms with Crippen LogP contribution in [-0.4, -0.2) is 37.6 Å². The van der Waals surface area contributed by atoms with Crippen molar-refractivity contribution in [3.05, 3.63) is 49.1 Å². The summed E-state index contributed by atoms with van der Waals surface area (Å²) in [5.74, 6) is 1.29. The maximum atomic E-state index is 12.7. The van der Waals surface area contributed by atoms with Crippen molar-refractivity contribution in [3.8, 4) is 22.8 Å². The number of carbonyl (C=O) groups excluding carboxylic acids is 2. The molecule has 0 unspecified atom stereocenters. The average molecular weight is 406 g/mol. The number of nitrogens with zero attached hydrogens (tertiary/aromatic N) is 4. The number of aromatic nitrogens is 4. The zero-order valence-corrected chi connectivity index (χ0v) is 16.5. The van der Waals surface area contributed by atoms with E-state index in [1.165, 1.54) is 6.20 Å². The Hall–Kier alpha value is -3.75. The molecule has 3 heterocycles. The van der Waals surface area contributed by atoms with Gasteiger partial charge in [0.25, 0.3) is 5.91 Å². The van der Waals surface area contributed by atoms with Crippen LogP contribution in [0.4, 0.5) is 5.82 Å². The van der Waals surface area contributed by atoms with E-state index in [0.29, 0.717) is 36.6 Å². The molecule has 0 saturated heterocycles. The summed E-state index contributed by atoms with van der Waals surface area (Å²) in [5, 5.41) is 9.63. The second kappa shape index (κ2) is 8.32. The fraction of sp³-hybridized carbons (Fsp3) is 0.286. The lowest BCUT2D eigenvalue weighted by Crippen LogP contribution is -2.52. The fourth-order valence-corrected chi connectivity index (χ4v) is 3.60. The van der Waals surface area contributed by atoms with Gasteiger partial charge in [0.1, 0.15) is 22.9 Å². The van der Waals surface area contributed by atoms with E-state index in [0.717, 1.165) is 24.1 Å². The molecule has 2 N–H and O–H groups in total. The summed E-state index contributed by atoms with van der Waals surface area (Å²) in [6.45, 7) is 0. The highest BCUT2D eigenvalue weighted by Gasteiger charge is 2.40. The zero-order valence-electron chi connectivity index (χ0n) is 16.5. The predicted octanol–water partition coefficient (Wildman–Crippen LogP) is 2.67. The van der Waals surface area contributed by atoms with Gasteiger partial charge >= 0.3 is 0 Å². The van der Waals surface area contributed by atoms with Gasteiger partial charge in [-0.3, -0.25) is 19.3 Å². The van der Waals surface area contributed by atoms with Crippen LogP contribution < -0.4 is 15.4 Å². The number of nitrogens with one attached hydrogen (secondary N) is 2. The monoisotopic (exact) mass is 406 g/mol. The van der Waals surface area contributed by atoms with Crippen molar-refractivity contribution in [2.75, 3.05) is 5.32 Å². The minimum atomic E-state index is -0.849. The first-order valence-electron chi connectivity index (χ1n) is 9.70. The summed E-state index contributed by atoms with van der Waals surface area (Å²) in [5.41, 5.74) is 0.795. The maximum absolute atomic E-state index is 12.7. The lowest BCUT2D eigenvalue weighted by atomic mass is 9.97. The number of carbonyl (C=O) groups is 2. The van der Waals surface area contributed by atoms with E-state index in [1.807, 2.05) is 19.3 Å². The summed E-state index contributed by atoms with van der Waals surface area (Å²) in [6.07, 6.45) is 10.5. The Bertz CT molecular complexity index is 1040. The van der Waals surface area contributed by atoms with Gasteiger partial charge in [0.15, 0.2) is 0 Å². The molecule has 2 amide bonds. The fourth-order valence-electron chi connectivity index (χ4n) is 3.60. The molecule has 1 aliphatic rings. The molecule has 1 saturated carbocycles. The van der Waals surface area contributed by atoms with E-state index >= 15 is 0 Å². The Morgan fingerprint density at radius 2 is 2.00 bits per heavy atom. The molecule has 3 aromatic heterocycles. The van der Waals surface area contributed by atoms with Crippen molar-refractivity contribution >= 4 is 18.1 Å². The molecule has 0 spiro atoms. The highest BCUT2D eigenvalue weighted by molar-refractivity contribution is 5.98. The minimum Gasteiger partial charge on any atom is -0.456 e. The van der Waals surface area contributed by atoms with Crippen molar-refractivity contribution in [1.29, 1.82) is 0 Å². The van der Waals surface area contributed by atoms with E-state index in [9.17, 15) is 9.59 Å². The van der Waals surface area contributed by atoms with Crippen LogP contribution in [0.25, 0.3) is 11.3 Å². The van der Waals surface area contributed by atoms with Crippen molar-refractivity contribution in [3.63, 3.8) is 0 Å². The van der Waals surface area contributed by atoms with Crippen molar-refractivity contribution in [2.24, 2.45) is 7.05 Å². The molecule has 0 atom stereocenters. The number of rotatable bonds is 7.